The summed E-state index contributed by atoms with van der Waals surface area (Å²) in [5, 5.41) is 0. The van der Waals surface area contributed by atoms with Crippen LogP contribution in [0.25, 0.3) is 11.1 Å². The number of benzene rings is 2. The Balaban J connectivity index is 1.50. The first kappa shape index (κ1) is 17.6. The topological polar surface area (TPSA) is 72.6 Å². The maximum atomic E-state index is 12.7. The standard InChI is InChI=1S/C22H24N2O3/c1-14-10-11-15(21(23)25)12-24(14)22(26)27-13-20-18-8-4-2-6-16(18)17-7-3-5-9-19(17)20/h2-9,14-15,20H,10-13H2,1H3,(H2,23,25)/t14-,15-/m1/s1. The van der Waals surface area contributed by atoms with Crippen LogP contribution in [-0.2, 0) is 9.53 Å². The Bertz CT molecular complexity index is 834. The minimum Gasteiger partial charge on any atom is -0.448 e. The third kappa shape index (κ3) is 3.18. The van der Waals surface area contributed by atoms with E-state index in [1.54, 1.807) is 4.90 Å². The number of nitrogens with two attached hydrogens (primary N) is 1. The van der Waals surface area contributed by atoms with Crippen LogP contribution >= 0.6 is 0 Å². The van der Waals surface area contributed by atoms with Crippen LogP contribution in [0.1, 0.15) is 36.8 Å². The number of fused-ring (bicyclic) bond motifs is 3. The number of likely N-dealkylation sites (tertiary alicyclic amines) is 1. The molecule has 0 radical (unpaired) electrons. The van der Waals surface area contributed by atoms with Crippen molar-refractivity contribution in [2.45, 2.75) is 31.7 Å². The summed E-state index contributed by atoms with van der Waals surface area (Å²) in [6.45, 7) is 2.61. The predicted octanol–water partition coefficient (Wildman–Crippen LogP) is 3.52. The van der Waals surface area contributed by atoms with Crippen LogP contribution < -0.4 is 5.73 Å². The lowest BCUT2D eigenvalue weighted by molar-refractivity contribution is -0.123. The van der Waals surface area contributed by atoms with Crippen LogP contribution in [0.15, 0.2) is 48.5 Å². The molecular formula is C22H24N2O3. The molecular weight excluding hydrogens is 340 g/mol. The number of amides is 2. The van der Waals surface area contributed by atoms with Gasteiger partial charge in [0.05, 0.1) is 5.92 Å². The zero-order valence-electron chi connectivity index (χ0n) is 15.4. The molecule has 2 aromatic carbocycles. The molecule has 2 aromatic rings. The van der Waals surface area contributed by atoms with E-state index in [2.05, 4.69) is 24.3 Å². The van der Waals surface area contributed by atoms with Gasteiger partial charge >= 0.3 is 6.09 Å². The van der Waals surface area contributed by atoms with E-state index in [1.165, 1.54) is 22.3 Å². The number of ether oxygens (including phenoxy) is 1. The first-order valence-corrected chi connectivity index (χ1v) is 9.47. The van der Waals surface area contributed by atoms with Gasteiger partial charge in [0.15, 0.2) is 0 Å². The Morgan fingerprint density at radius 3 is 2.22 bits per heavy atom. The van der Waals surface area contributed by atoms with E-state index in [0.717, 1.165) is 12.8 Å². The average Bonchev–Trinajstić information content (AvgIpc) is 3.00. The zero-order chi connectivity index (χ0) is 19.0. The SMILES string of the molecule is C[C@@H]1CC[C@@H](C(N)=O)CN1C(=O)OCC1c2ccccc2-c2ccccc21. The summed E-state index contributed by atoms with van der Waals surface area (Å²) in [4.78, 5) is 25.9. The monoisotopic (exact) mass is 364 g/mol. The highest BCUT2D eigenvalue weighted by atomic mass is 16.6. The fourth-order valence-corrected chi connectivity index (χ4v) is 4.27. The molecule has 140 valence electrons. The van der Waals surface area contributed by atoms with Crippen LogP contribution in [0.5, 0.6) is 0 Å². The molecule has 4 rings (SSSR count). The molecule has 0 unspecified atom stereocenters. The summed E-state index contributed by atoms with van der Waals surface area (Å²) >= 11 is 0. The summed E-state index contributed by atoms with van der Waals surface area (Å²) in [7, 11) is 0. The maximum absolute atomic E-state index is 12.7. The van der Waals surface area contributed by atoms with Crippen molar-refractivity contribution in [1.82, 2.24) is 4.90 Å². The molecule has 5 nitrogen and oxygen atoms in total. The van der Waals surface area contributed by atoms with Crippen molar-refractivity contribution in [2.24, 2.45) is 11.7 Å². The van der Waals surface area contributed by atoms with Crippen LogP contribution in [-0.4, -0.2) is 36.1 Å². The minimum atomic E-state index is -0.365. The smallest absolute Gasteiger partial charge is 0.410 e. The van der Waals surface area contributed by atoms with Gasteiger partial charge in [0.2, 0.25) is 5.91 Å². The molecule has 2 aliphatic rings. The molecule has 1 saturated heterocycles. The fourth-order valence-electron chi connectivity index (χ4n) is 4.27. The Hall–Kier alpha value is -2.82. The second-order valence-electron chi connectivity index (χ2n) is 7.48. The molecule has 0 bridgehead atoms. The van der Waals surface area contributed by atoms with E-state index in [9.17, 15) is 9.59 Å². The van der Waals surface area contributed by atoms with Gasteiger partial charge in [-0.25, -0.2) is 4.79 Å². The Labute approximate surface area is 159 Å². The number of rotatable bonds is 3. The van der Waals surface area contributed by atoms with Gasteiger partial charge in [-0.3, -0.25) is 4.79 Å². The Morgan fingerprint density at radius 2 is 1.63 bits per heavy atom. The zero-order valence-corrected chi connectivity index (χ0v) is 15.4. The number of carbonyl (C=O) groups excluding carboxylic acids is 2. The molecule has 2 N–H and O–H groups in total. The van der Waals surface area contributed by atoms with E-state index in [0.29, 0.717) is 6.54 Å². The Kier molecular flexibility index (Phi) is 4.60. The van der Waals surface area contributed by atoms with E-state index in [1.807, 2.05) is 31.2 Å². The molecule has 1 fully saturated rings. The van der Waals surface area contributed by atoms with Gasteiger partial charge in [-0.05, 0) is 42.0 Å². The summed E-state index contributed by atoms with van der Waals surface area (Å²) < 4.78 is 5.71. The number of piperidine rings is 1. The summed E-state index contributed by atoms with van der Waals surface area (Å²) in [6, 6.07) is 16.6. The number of hydrogen-bond acceptors (Lipinski definition) is 3. The predicted molar refractivity (Wildman–Crippen MR) is 103 cm³/mol. The quantitative estimate of drug-likeness (QED) is 0.906. The molecule has 5 heteroatoms. The van der Waals surface area contributed by atoms with Crippen molar-refractivity contribution in [3.05, 3.63) is 59.7 Å². The third-order valence-electron chi connectivity index (χ3n) is 5.85. The van der Waals surface area contributed by atoms with Crippen molar-refractivity contribution in [3.63, 3.8) is 0 Å². The second-order valence-corrected chi connectivity index (χ2v) is 7.48. The molecule has 0 spiro atoms. The second kappa shape index (κ2) is 7.06. The molecule has 0 saturated carbocycles. The van der Waals surface area contributed by atoms with Gasteiger partial charge in [0.1, 0.15) is 6.61 Å². The summed E-state index contributed by atoms with van der Waals surface area (Å²) in [5.74, 6) is -0.603. The van der Waals surface area contributed by atoms with Gasteiger partial charge in [0, 0.05) is 18.5 Å². The Morgan fingerprint density at radius 1 is 1.04 bits per heavy atom. The van der Waals surface area contributed by atoms with Crippen LogP contribution in [0.3, 0.4) is 0 Å². The highest BCUT2D eigenvalue weighted by Crippen LogP contribution is 2.44. The van der Waals surface area contributed by atoms with Gasteiger partial charge in [-0.1, -0.05) is 48.5 Å². The van der Waals surface area contributed by atoms with Crippen molar-refractivity contribution in [2.75, 3.05) is 13.2 Å². The normalized spacial score (nSPS) is 21.4. The van der Waals surface area contributed by atoms with Gasteiger partial charge in [-0.15, -0.1) is 0 Å². The minimum absolute atomic E-state index is 0.0355. The van der Waals surface area contributed by atoms with Crippen LogP contribution in [0.4, 0.5) is 4.79 Å². The fraction of sp³-hybridized carbons (Fsp3) is 0.364. The van der Waals surface area contributed by atoms with Gasteiger partial charge in [-0.2, -0.15) is 0 Å². The summed E-state index contributed by atoms with van der Waals surface area (Å²) in [6.07, 6.45) is 1.12. The van der Waals surface area contributed by atoms with E-state index in [4.69, 9.17) is 10.5 Å². The van der Waals surface area contributed by atoms with Gasteiger partial charge in [0.25, 0.3) is 0 Å². The number of nitrogens with zero attached hydrogens (tertiary/aromatic N) is 1. The summed E-state index contributed by atoms with van der Waals surface area (Å²) in [5.41, 5.74) is 10.2. The largest absolute Gasteiger partial charge is 0.448 e. The number of carbonyl (C=O) groups is 2. The highest BCUT2D eigenvalue weighted by Gasteiger charge is 2.34. The molecule has 2 amide bonds. The van der Waals surface area contributed by atoms with E-state index in [-0.39, 0.29) is 36.5 Å². The van der Waals surface area contributed by atoms with Crippen molar-refractivity contribution in [1.29, 1.82) is 0 Å². The first-order valence-electron chi connectivity index (χ1n) is 9.47. The third-order valence-corrected chi connectivity index (χ3v) is 5.85. The molecule has 2 atom stereocenters. The van der Waals surface area contributed by atoms with Crippen molar-refractivity contribution >= 4 is 12.0 Å². The number of primary amides is 1. The molecule has 1 aliphatic heterocycles. The molecule has 1 heterocycles. The van der Waals surface area contributed by atoms with Crippen molar-refractivity contribution < 1.29 is 14.3 Å². The van der Waals surface area contributed by atoms with Crippen molar-refractivity contribution in [3.8, 4) is 11.1 Å². The van der Waals surface area contributed by atoms with E-state index < -0.39 is 0 Å². The lowest BCUT2D eigenvalue weighted by Crippen LogP contribution is -2.49. The molecule has 0 aromatic heterocycles. The molecule has 27 heavy (non-hydrogen) atoms. The van der Waals surface area contributed by atoms with Crippen LogP contribution in [0, 0.1) is 5.92 Å². The maximum Gasteiger partial charge on any atom is 0.410 e. The number of hydrogen-bond donors (Lipinski definition) is 1. The van der Waals surface area contributed by atoms with Crippen LogP contribution in [0.2, 0.25) is 0 Å². The first-order chi connectivity index (χ1) is 13.1. The highest BCUT2D eigenvalue weighted by molar-refractivity contribution is 5.80. The van der Waals surface area contributed by atoms with Gasteiger partial charge < -0.3 is 15.4 Å². The lowest BCUT2D eigenvalue weighted by Gasteiger charge is -2.36. The average molecular weight is 364 g/mol. The van der Waals surface area contributed by atoms with E-state index >= 15 is 0 Å². The molecule has 1 aliphatic carbocycles. The lowest BCUT2D eigenvalue weighted by atomic mass is 9.93.